The maximum atomic E-state index is 12.2. The monoisotopic (exact) mass is 254 g/mol. The highest BCUT2D eigenvalue weighted by molar-refractivity contribution is 6.07. The molecule has 19 heavy (non-hydrogen) atoms. The molecule has 0 N–H and O–H groups in total. The Kier molecular flexibility index (Phi) is 4.29. The summed E-state index contributed by atoms with van der Waals surface area (Å²) in [7, 11) is 0. The number of allylic oxidation sites excluding steroid dienone is 1. The van der Waals surface area contributed by atoms with Crippen molar-refractivity contribution in [3.05, 3.63) is 66.0 Å². The second-order valence-corrected chi connectivity index (χ2v) is 4.49. The van der Waals surface area contributed by atoms with E-state index in [0.29, 0.717) is 17.8 Å². The van der Waals surface area contributed by atoms with Crippen LogP contribution in [-0.2, 0) is 13.0 Å². The van der Waals surface area contributed by atoms with Gasteiger partial charge in [0, 0.05) is 11.8 Å². The molecule has 3 heteroatoms. The fraction of sp³-hybridized carbons (Fsp3) is 0.250. The van der Waals surface area contributed by atoms with E-state index in [1.54, 1.807) is 23.0 Å². The van der Waals surface area contributed by atoms with Gasteiger partial charge in [0.25, 0.3) is 0 Å². The number of carbonyl (C=O) groups excluding carboxylic acids is 1. The minimum absolute atomic E-state index is 0.0362. The molecule has 98 valence electrons. The summed E-state index contributed by atoms with van der Waals surface area (Å²) in [6.07, 6.45) is 5.70. The van der Waals surface area contributed by atoms with Gasteiger partial charge in [-0.3, -0.25) is 9.48 Å². The molecule has 0 spiro atoms. The Morgan fingerprint density at radius 3 is 2.68 bits per heavy atom. The van der Waals surface area contributed by atoms with E-state index in [-0.39, 0.29) is 5.78 Å². The molecule has 1 aromatic heterocycles. The standard InChI is InChI=1S/C16H18N2O/c1-3-5-13-6-8-14(9-7-13)16(19)15-10-12-18(17-15)11-4-2/h4,6-10,12H,2-3,5,11H2,1H3. The summed E-state index contributed by atoms with van der Waals surface area (Å²) in [5, 5.41) is 4.23. The van der Waals surface area contributed by atoms with Crippen LogP contribution in [0.3, 0.4) is 0 Å². The molecular formula is C16H18N2O. The Balaban J connectivity index is 2.15. The van der Waals surface area contributed by atoms with Gasteiger partial charge in [0.1, 0.15) is 5.69 Å². The Hall–Kier alpha value is -2.16. The molecule has 0 saturated carbocycles. The SMILES string of the molecule is C=CCn1ccc(C(=O)c2ccc(CCC)cc2)n1. The molecule has 0 saturated heterocycles. The van der Waals surface area contributed by atoms with E-state index in [2.05, 4.69) is 18.6 Å². The molecule has 1 aromatic carbocycles. The van der Waals surface area contributed by atoms with E-state index >= 15 is 0 Å². The van der Waals surface area contributed by atoms with Crippen LogP contribution in [-0.4, -0.2) is 15.6 Å². The number of hydrogen-bond donors (Lipinski definition) is 0. The third kappa shape index (κ3) is 3.19. The van der Waals surface area contributed by atoms with Crippen molar-refractivity contribution in [3.63, 3.8) is 0 Å². The number of ketones is 1. The third-order valence-electron chi connectivity index (χ3n) is 2.94. The predicted octanol–water partition coefficient (Wildman–Crippen LogP) is 3.25. The zero-order chi connectivity index (χ0) is 13.7. The second-order valence-electron chi connectivity index (χ2n) is 4.49. The van der Waals surface area contributed by atoms with Crippen LogP contribution in [0.4, 0.5) is 0 Å². The average molecular weight is 254 g/mol. The van der Waals surface area contributed by atoms with Gasteiger partial charge >= 0.3 is 0 Å². The number of hydrogen-bond acceptors (Lipinski definition) is 2. The van der Waals surface area contributed by atoms with Crippen molar-refractivity contribution >= 4 is 5.78 Å². The topological polar surface area (TPSA) is 34.9 Å². The lowest BCUT2D eigenvalue weighted by molar-refractivity contribution is 0.103. The molecular weight excluding hydrogens is 236 g/mol. The Labute approximate surface area is 113 Å². The summed E-state index contributed by atoms with van der Waals surface area (Å²) in [5.74, 6) is -0.0362. The van der Waals surface area contributed by atoms with Gasteiger partial charge in [-0.05, 0) is 18.1 Å². The van der Waals surface area contributed by atoms with Gasteiger partial charge in [0.2, 0.25) is 5.78 Å². The first-order valence-corrected chi connectivity index (χ1v) is 6.52. The highest BCUT2D eigenvalue weighted by Gasteiger charge is 2.11. The first-order chi connectivity index (χ1) is 9.24. The summed E-state index contributed by atoms with van der Waals surface area (Å²) < 4.78 is 1.70. The molecule has 3 nitrogen and oxygen atoms in total. The summed E-state index contributed by atoms with van der Waals surface area (Å²) in [6, 6.07) is 9.51. The second kappa shape index (κ2) is 6.14. The number of rotatable bonds is 6. The Bertz CT molecular complexity index is 567. The highest BCUT2D eigenvalue weighted by atomic mass is 16.1. The van der Waals surface area contributed by atoms with Crippen LogP contribution in [0, 0.1) is 0 Å². The van der Waals surface area contributed by atoms with Crippen molar-refractivity contribution in [2.45, 2.75) is 26.3 Å². The molecule has 0 amide bonds. The highest BCUT2D eigenvalue weighted by Crippen LogP contribution is 2.11. The maximum absolute atomic E-state index is 12.2. The van der Waals surface area contributed by atoms with Gasteiger partial charge in [0.15, 0.2) is 0 Å². The molecule has 0 unspecified atom stereocenters. The van der Waals surface area contributed by atoms with Gasteiger partial charge in [0.05, 0.1) is 6.54 Å². The van der Waals surface area contributed by atoms with E-state index in [1.807, 2.05) is 24.3 Å². The average Bonchev–Trinajstić information content (AvgIpc) is 2.88. The van der Waals surface area contributed by atoms with Crippen LogP contribution in [0.15, 0.2) is 49.2 Å². The molecule has 0 aliphatic rings. The number of benzene rings is 1. The molecule has 0 aliphatic heterocycles. The predicted molar refractivity (Wildman–Crippen MR) is 76.3 cm³/mol. The normalized spacial score (nSPS) is 10.4. The summed E-state index contributed by atoms with van der Waals surface area (Å²) in [4.78, 5) is 12.2. The minimum Gasteiger partial charge on any atom is -0.287 e. The minimum atomic E-state index is -0.0362. The van der Waals surface area contributed by atoms with Crippen molar-refractivity contribution < 1.29 is 4.79 Å². The fourth-order valence-electron chi connectivity index (χ4n) is 1.98. The third-order valence-corrected chi connectivity index (χ3v) is 2.94. The number of carbonyl (C=O) groups is 1. The Morgan fingerprint density at radius 1 is 1.32 bits per heavy atom. The molecule has 0 atom stereocenters. The molecule has 2 rings (SSSR count). The molecule has 0 bridgehead atoms. The molecule has 0 radical (unpaired) electrons. The number of nitrogens with zero attached hydrogens (tertiary/aromatic N) is 2. The summed E-state index contributed by atoms with van der Waals surface area (Å²) >= 11 is 0. The van der Waals surface area contributed by atoms with Crippen molar-refractivity contribution in [3.8, 4) is 0 Å². The van der Waals surface area contributed by atoms with E-state index < -0.39 is 0 Å². The first-order valence-electron chi connectivity index (χ1n) is 6.52. The van der Waals surface area contributed by atoms with Crippen LogP contribution < -0.4 is 0 Å². The van der Waals surface area contributed by atoms with Crippen molar-refractivity contribution in [1.82, 2.24) is 9.78 Å². The number of aryl methyl sites for hydroxylation is 1. The summed E-state index contributed by atoms with van der Waals surface area (Å²) in [5.41, 5.74) is 2.42. The molecule has 0 aliphatic carbocycles. The van der Waals surface area contributed by atoms with Gasteiger partial charge in [-0.1, -0.05) is 43.7 Å². The molecule has 0 fully saturated rings. The van der Waals surface area contributed by atoms with Gasteiger partial charge in [-0.2, -0.15) is 5.10 Å². The smallest absolute Gasteiger partial charge is 0.213 e. The van der Waals surface area contributed by atoms with Crippen molar-refractivity contribution in [1.29, 1.82) is 0 Å². The maximum Gasteiger partial charge on any atom is 0.213 e. The van der Waals surface area contributed by atoms with E-state index in [4.69, 9.17) is 0 Å². The van der Waals surface area contributed by atoms with E-state index in [0.717, 1.165) is 12.8 Å². The quantitative estimate of drug-likeness (QED) is 0.586. The van der Waals surface area contributed by atoms with Crippen molar-refractivity contribution in [2.75, 3.05) is 0 Å². The van der Waals surface area contributed by atoms with Crippen LogP contribution in [0.5, 0.6) is 0 Å². The first kappa shape index (κ1) is 13.3. The Morgan fingerprint density at radius 2 is 2.05 bits per heavy atom. The fourth-order valence-corrected chi connectivity index (χ4v) is 1.98. The van der Waals surface area contributed by atoms with E-state index in [9.17, 15) is 4.79 Å². The summed E-state index contributed by atoms with van der Waals surface area (Å²) in [6.45, 7) is 6.41. The number of aromatic nitrogens is 2. The zero-order valence-electron chi connectivity index (χ0n) is 11.2. The van der Waals surface area contributed by atoms with Crippen LogP contribution in [0.25, 0.3) is 0 Å². The van der Waals surface area contributed by atoms with Gasteiger partial charge < -0.3 is 0 Å². The van der Waals surface area contributed by atoms with Gasteiger partial charge in [-0.25, -0.2) is 0 Å². The van der Waals surface area contributed by atoms with Crippen LogP contribution in [0.2, 0.25) is 0 Å². The molecule has 1 heterocycles. The lowest BCUT2D eigenvalue weighted by Gasteiger charge is -2.01. The van der Waals surface area contributed by atoms with Crippen LogP contribution >= 0.6 is 0 Å². The lowest BCUT2D eigenvalue weighted by Crippen LogP contribution is -2.04. The van der Waals surface area contributed by atoms with E-state index in [1.165, 1.54) is 5.56 Å². The zero-order valence-corrected chi connectivity index (χ0v) is 11.2. The van der Waals surface area contributed by atoms with Gasteiger partial charge in [-0.15, -0.1) is 6.58 Å². The van der Waals surface area contributed by atoms with Crippen molar-refractivity contribution in [2.24, 2.45) is 0 Å². The molecule has 2 aromatic rings. The van der Waals surface area contributed by atoms with Crippen LogP contribution in [0.1, 0.15) is 35.0 Å². The lowest BCUT2D eigenvalue weighted by atomic mass is 10.0. The largest absolute Gasteiger partial charge is 0.287 e.